The second-order valence-corrected chi connectivity index (χ2v) is 7.39. The van der Waals surface area contributed by atoms with Crippen LogP contribution in [-0.2, 0) is 16.8 Å². The standard InChI is InChI=1S/C21H23N5O2/c1-2-18(27)26-10-7-17-19(24-14-23-17)21(26)8-11-25(12-9-21)20(28)16-5-3-15(13-22)4-6-16/h3-6,14H,2,7-12H2,1H3,(H,23,24). The van der Waals surface area contributed by atoms with Crippen LogP contribution in [0.1, 0.15) is 53.5 Å². The lowest BCUT2D eigenvalue weighted by atomic mass is 9.78. The van der Waals surface area contributed by atoms with E-state index in [1.807, 2.05) is 16.7 Å². The van der Waals surface area contributed by atoms with Crippen molar-refractivity contribution >= 4 is 11.8 Å². The van der Waals surface area contributed by atoms with E-state index in [9.17, 15) is 9.59 Å². The van der Waals surface area contributed by atoms with Crippen LogP contribution >= 0.6 is 0 Å². The average molecular weight is 377 g/mol. The van der Waals surface area contributed by atoms with E-state index >= 15 is 0 Å². The fourth-order valence-corrected chi connectivity index (χ4v) is 4.49. The molecule has 1 fully saturated rings. The lowest BCUT2D eigenvalue weighted by Crippen LogP contribution is -2.58. The number of fused-ring (bicyclic) bond motifs is 2. The van der Waals surface area contributed by atoms with Gasteiger partial charge in [-0.25, -0.2) is 4.98 Å². The van der Waals surface area contributed by atoms with Crippen LogP contribution in [0.5, 0.6) is 0 Å². The van der Waals surface area contributed by atoms with Gasteiger partial charge in [0, 0.05) is 43.7 Å². The molecule has 7 nitrogen and oxygen atoms in total. The number of piperidine rings is 1. The van der Waals surface area contributed by atoms with Crippen molar-refractivity contribution in [3.05, 3.63) is 53.1 Å². The summed E-state index contributed by atoms with van der Waals surface area (Å²) in [5.74, 6) is 0.103. The number of rotatable bonds is 2. The summed E-state index contributed by atoms with van der Waals surface area (Å²) in [5, 5.41) is 8.92. The second-order valence-electron chi connectivity index (χ2n) is 7.39. The molecule has 2 aliphatic heterocycles. The van der Waals surface area contributed by atoms with E-state index in [1.165, 1.54) is 0 Å². The van der Waals surface area contributed by atoms with Crippen molar-refractivity contribution in [2.45, 2.75) is 38.1 Å². The van der Waals surface area contributed by atoms with Gasteiger partial charge in [-0.1, -0.05) is 6.92 Å². The number of amides is 2. The first-order valence-electron chi connectivity index (χ1n) is 9.71. The molecular formula is C21H23N5O2. The average Bonchev–Trinajstić information content (AvgIpc) is 3.24. The molecular weight excluding hydrogens is 354 g/mol. The van der Waals surface area contributed by atoms with E-state index in [4.69, 9.17) is 5.26 Å². The van der Waals surface area contributed by atoms with Crippen LogP contribution in [0.3, 0.4) is 0 Å². The van der Waals surface area contributed by atoms with Crippen LogP contribution in [0.2, 0.25) is 0 Å². The molecule has 0 atom stereocenters. The minimum atomic E-state index is -0.428. The number of likely N-dealkylation sites (tertiary alicyclic amines) is 1. The molecule has 0 bridgehead atoms. The highest BCUT2D eigenvalue weighted by molar-refractivity contribution is 5.94. The zero-order valence-corrected chi connectivity index (χ0v) is 15.9. The monoisotopic (exact) mass is 377 g/mol. The zero-order chi connectivity index (χ0) is 19.7. The number of H-pyrrole nitrogens is 1. The number of carbonyl (C=O) groups excluding carboxylic acids is 2. The third-order valence-electron chi connectivity index (χ3n) is 6.00. The molecule has 1 aromatic carbocycles. The van der Waals surface area contributed by atoms with Gasteiger partial charge in [-0.15, -0.1) is 0 Å². The molecule has 1 saturated heterocycles. The molecule has 2 aliphatic rings. The molecule has 144 valence electrons. The number of nitrogens with one attached hydrogen (secondary N) is 1. The van der Waals surface area contributed by atoms with Crippen molar-refractivity contribution in [1.82, 2.24) is 19.8 Å². The van der Waals surface area contributed by atoms with Gasteiger partial charge in [-0.3, -0.25) is 9.59 Å². The minimum Gasteiger partial charge on any atom is -0.348 e. The predicted octanol–water partition coefficient (Wildman–Crippen LogP) is 2.21. The molecule has 0 unspecified atom stereocenters. The summed E-state index contributed by atoms with van der Waals surface area (Å²) in [6, 6.07) is 8.79. The molecule has 28 heavy (non-hydrogen) atoms. The van der Waals surface area contributed by atoms with E-state index in [-0.39, 0.29) is 11.8 Å². The summed E-state index contributed by atoms with van der Waals surface area (Å²) in [5.41, 5.74) is 2.76. The minimum absolute atomic E-state index is 0.0363. The first kappa shape index (κ1) is 18.2. The highest BCUT2D eigenvalue weighted by atomic mass is 16.2. The zero-order valence-electron chi connectivity index (χ0n) is 15.9. The van der Waals surface area contributed by atoms with Gasteiger partial charge in [0.05, 0.1) is 29.2 Å². The van der Waals surface area contributed by atoms with E-state index in [0.29, 0.717) is 50.0 Å². The van der Waals surface area contributed by atoms with Gasteiger partial charge in [0.15, 0.2) is 0 Å². The number of carbonyl (C=O) groups is 2. The van der Waals surface area contributed by atoms with Gasteiger partial charge in [-0.05, 0) is 37.1 Å². The van der Waals surface area contributed by atoms with Crippen molar-refractivity contribution < 1.29 is 9.59 Å². The van der Waals surface area contributed by atoms with Crippen LogP contribution < -0.4 is 0 Å². The third-order valence-corrected chi connectivity index (χ3v) is 6.00. The maximum atomic E-state index is 12.9. The molecule has 2 amide bonds. The van der Waals surface area contributed by atoms with Crippen LogP contribution in [-0.4, -0.2) is 51.2 Å². The molecule has 1 aromatic heterocycles. The van der Waals surface area contributed by atoms with Gasteiger partial charge < -0.3 is 14.8 Å². The first-order valence-corrected chi connectivity index (χ1v) is 9.71. The molecule has 0 saturated carbocycles. The Bertz CT molecular complexity index is 932. The number of imidazole rings is 1. The Morgan fingerprint density at radius 2 is 1.93 bits per heavy atom. The second kappa shape index (κ2) is 7.12. The first-order chi connectivity index (χ1) is 13.6. The Morgan fingerprint density at radius 3 is 2.57 bits per heavy atom. The maximum absolute atomic E-state index is 12.9. The molecule has 0 radical (unpaired) electrons. The van der Waals surface area contributed by atoms with Crippen LogP contribution in [0.25, 0.3) is 0 Å². The number of hydrogen-bond acceptors (Lipinski definition) is 4. The summed E-state index contributed by atoms with van der Waals surface area (Å²) < 4.78 is 0. The molecule has 7 heteroatoms. The number of nitriles is 1. The third kappa shape index (κ3) is 2.85. The lowest BCUT2D eigenvalue weighted by molar-refractivity contribution is -0.141. The van der Waals surface area contributed by atoms with Gasteiger partial charge >= 0.3 is 0 Å². The molecule has 1 spiro atoms. The van der Waals surface area contributed by atoms with E-state index in [2.05, 4.69) is 16.0 Å². The summed E-state index contributed by atoms with van der Waals surface area (Å²) >= 11 is 0. The topological polar surface area (TPSA) is 93.1 Å². The highest BCUT2D eigenvalue weighted by Crippen LogP contribution is 2.42. The molecule has 3 heterocycles. The fraction of sp³-hybridized carbons (Fsp3) is 0.429. The van der Waals surface area contributed by atoms with Crippen molar-refractivity contribution in [1.29, 1.82) is 5.26 Å². The van der Waals surface area contributed by atoms with E-state index in [1.54, 1.807) is 30.6 Å². The Morgan fingerprint density at radius 1 is 1.21 bits per heavy atom. The van der Waals surface area contributed by atoms with Crippen molar-refractivity contribution in [3.63, 3.8) is 0 Å². The Kier molecular flexibility index (Phi) is 4.63. The smallest absolute Gasteiger partial charge is 0.253 e. The Balaban J connectivity index is 1.56. The van der Waals surface area contributed by atoms with Crippen molar-refractivity contribution in [3.8, 4) is 6.07 Å². The van der Waals surface area contributed by atoms with Crippen LogP contribution in [0.4, 0.5) is 0 Å². The fourth-order valence-electron chi connectivity index (χ4n) is 4.49. The van der Waals surface area contributed by atoms with Crippen LogP contribution in [0, 0.1) is 11.3 Å². The van der Waals surface area contributed by atoms with Gasteiger partial charge in [0.25, 0.3) is 5.91 Å². The summed E-state index contributed by atoms with van der Waals surface area (Å²) in [6.07, 6.45) is 4.32. The number of aromatic amines is 1. The SMILES string of the molecule is CCC(=O)N1CCc2[nH]cnc2C12CCN(C(=O)c1ccc(C#N)cc1)CC2. The number of benzene rings is 1. The predicted molar refractivity (Wildman–Crippen MR) is 102 cm³/mol. The van der Waals surface area contributed by atoms with Crippen molar-refractivity contribution in [2.75, 3.05) is 19.6 Å². The highest BCUT2D eigenvalue weighted by Gasteiger charge is 2.48. The number of hydrogen-bond donors (Lipinski definition) is 1. The van der Waals surface area contributed by atoms with E-state index < -0.39 is 5.54 Å². The normalized spacial score (nSPS) is 17.9. The summed E-state index contributed by atoms with van der Waals surface area (Å²) in [6.45, 7) is 3.71. The lowest BCUT2D eigenvalue weighted by Gasteiger charge is -2.50. The Hall–Kier alpha value is -3.14. The quantitative estimate of drug-likeness (QED) is 0.868. The van der Waals surface area contributed by atoms with E-state index in [0.717, 1.165) is 17.8 Å². The maximum Gasteiger partial charge on any atom is 0.253 e. The van der Waals surface area contributed by atoms with Gasteiger partial charge in [0.2, 0.25) is 5.91 Å². The van der Waals surface area contributed by atoms with Crippen LogP contribution in [0.15, 0.2) is 30.6 Å². The number of aromatic nitrogens is 2. The van der Waals surface area contributed by atoms with Gasteiger partial charge in [0.1, 0.15) is 0 Å². The van der Waals surface area contributed by atoms with Gasteiger partial charge in [-0.2, -0.15) is 5.26 Å². The molecule has 4 rings (SSSR count). The Labute approximate surface area is 164 Å². The largest absolute Gasteiger partial charge is 0.348 e. The molecule has 1 N–H and O–H groups in total. The molecule has 0 aliphatic carbocycles. The van der Waals surface area contributed by atoms with Crippen molar-refractivity contribution in [2.24, 2.45) is 0 Å². The summed E-state index contributed by atoms with van der Waals surface area (Å²) in [7, 11) is 0. The summed E-state index contributed by atoms with van der Waals surface area (Å²) in [4.78, 5) is 37.1. The molecule has 2 aromatic rings. The number of nitrogens with zero attached hydrogens (tertiary/aromatic N) is 4.